The first-order valence-electron chi connectivity index (χ1n) is 8.83. The molecule has 3 rings (SSSR count). The second-order valence-corrected chi connectivity index (χ2v) is 7.65. The Morgan fingerprint density at radius 3 is 2.57 bits per heavy atom. The van der Waals surface area contributed by atoms with E-state index in [1.807, 2.05) is 20.8 Å². The number of methoxy groups -OCH3 is 1. The Kier molecular flexibility index (Phi) is 4.74. The van der Waals surface area contributed by atoms with Crippen LogP contribution in [0.3, 0.4) is 0 Å². The first kappa shape index (κ1) is 19.6. The molecule has 10 nitrogen and oxygen atoms in total. The number of aromatic nitrogens is 4. The van der Waals surface area contributed by atoms with E-state index in [9.17, 15) is 14.4 Å². The summed E-state index contributed by atoms with van der Waals surface area (Å²) in [6.07, 6.45) is 1.49. The van der Waals surface area contributed by atoms with Gasteiger partial charge < -0.3 is 4.74 Å². The SMILES string of the molecule is C=CCn1c(=O)c2c(nc3n2CC(C(C)(C)C)=NN3CC(=O)OC)n(C)c1=O. The molecule has 1 aliphatic heterocycles. The van der Waals surface area contributed by atoms with E-state index in [4.69, 9.17) is 4.74 Å². The van der Waals surface area contributed by atoms with E-state index in [2.05, 4.69) is 16.7 Å². The molecule has 3 heterocycles. The maximum Gasteiger partial charge on any atom is 0.332 e. The zero-order chi connectivity index (χ0) is 20.8. The molecule has 0 saturated heterocycles. The molecule has 2 aromatic heterocycles. The number of anilines is 1. The predicted molar refractivity (Wildman–Crippen MR) is 106 cm³/mol. The third-order valence-electron chi connectivity index (χ3n) is 4.68. The summed E-state index contributed by atoms with van der Waals surface area (Å²) in [7, 11) is 2.85. The number of aryl methyl sites for hydroxylation is 1. The molecule has 1 aliphatic rings. The van der Waals surface area contributed by atoms with Gasteiger partial charge in [-0.1, -0.05) is 26.8 Å². The highest BCUT2D eigenvalue weighted by Gasteiger charge is 2.32. The molecule has 0 spiro atoms. The second kappa shape index (κ2) is 6.77. The number of fused-ring (bicyclic) bond motifs is 3. The standard InChI is InChI=1S/C18H24N6O4/c1-7-8-22-15(26)13-14(21(5)17(22)27)19-16-23(13)9-11(18(2,3)4)20-24(16)10-12(25)28-6/h7H,1,8-10H2,2-6H3. The number of allylic oxidation sites excluding steroid dienone is 1. The van der Waals surface area contributed by atoms with Gasteiger partial charge in [0.25, 0.3) is 5.56 Å². The Hall–Kier alpha value is -3.17. The molecule has 0 aromatic carbocycles. The van der Waals surface area contributed by atoms with Crippen molar-refractivity contribution in [1.82, 2.24) is 18.7 Å². The Bertz CT molecular complexity index is 1110. The largest absolute Gasteiger partial charge is 0.468 e. The summed E-state index contributed by atoms with van der Waals surface area (Å²) < 4.78 is 8.89. The fourth-order valence-corrected chi connectivity index (χ4v) is 3.05. The molecule has 0 fully saturated rings. The maximum absolute atomic E-state index is 13.1. The van der Waals surface area contributed by atoms with Gasteiger partial charge >= 0.3 is 11.7 Å². The van der Waals surface area contributed by atoms with E-state index in [1.54, 1.807) is 11.6 Å². The molecule has 0 aliphatic carbocycles. The van der Waals surface area contributed by atoms with Crippen LogP contribution in [-0.2, 0) is 29.7 Å². The quantitative estimate of drug-likeness (QED) is 0.557. The highest BCUT2D eigenvalue weighted by Crippen LogP contribution is 2.28. The van der Waals surface area contributed by atoms with Crippen LogP contribution in [0.15, 0.2) is 27.3 Å². The van der Waals surface area contributed by atoms with Crippen molar-refractivity contribution in [3.63, 3.8) is 0 Å². The van der Waals surface area contributed by atoms with Crippen LogP contribution in [0.5, 0.6) is 0 Å². The summed E-state index contributed by atoms with van der Waals surface area (Å²) in [4.78, 5) is 42.0. The van der Waals surface area contributed by atoms with E-state index < -0.39 is 17.2 Å². The zero-order valence-electron chi connectivity index (χ0n) is 16.7. The van der Waals surface area contributed by atoms with Crippen molar-refractivity contribution in [2.45, 2.75) is 33.9 Å². The van der Waals surface area contributed by atoms with Gasteiger partial charge in [0.2, 0.25) is 5.95 Å². The number of rotatable bonds is 4. The predicted octanol–water partition coefficient (Wildman–Crippen LogP) is 0.478. The third kappa shape index (κ3) is 3.04. The monoisotopic (exact) mass is 388 g/mol. The van der Waals surface area contributed by atoms with E-state index in [-0.39, 0.29) is 29.7 Å². The normalized spacial score (nSPS) is 14.0. The smallest absolute Gasteiger partial charge is 0.332 e. The second-order valence-electron chi connectivity index (χ2n) is 7.65. The molecule has 0 N–H and O–H groups in total. The van der Waals surface area contributed by atoms with Crippen LogP contribution in [0.1, 0.15) is 20.8 Å². The zero-order valence-corrected chi connectivity index (χ0v) is 16.7. The maximum atomic E-state index is 13.1. The molecule has 10 heteroatoms. The average Bonchev–Trinajstić information content (AvgIpc) is 3.02. The van der Waals surface area contributed by atoms with Gasteiger partial charge in [0.1, 0.15) is 6.54 Å². The molecular formula is C18H24N6O4. The number of hydrogen-bond acceptors (Lipinski definition) is 7. The van der Waals surface area contributed by atoms with Gasteiger partial charge in [-0.3, -0.25) is 23.3 Å². The number of nitrogens with zero attached hydrogens (tertiary/aromatic N) is 6. The number of hydrogen-bond donors (Lipinski definition) is 0. The molecular weight excluding hydrogens is 364 g/mol. The van der Waals surface area contributed by atoms with Crippen LogP contribution in [0, 0.1) is 5.41 Å². The minimum Gasteiger partial charge on any atom is -0.468 e. The molecule has 28 heavy (non-hydrogen) atoms. The Balaban J connectivity index is 2.33. The van der Waals surface area contributed by atoms with Crippen LogP contribution in [-0.4, -0.2) is 44.0 Å². The molecule has 0 radical (unpaired) electrons. The summed E-state index contributed by atoms with van der Waals surface area (Å²) >= 11 is 0. The Morgan fingerprint density at radius 1 is 1.32 bits per heavy atom. The van der Waals surface area contributed by atoms with Gasteiger partial charge in [0.05, 0.1) is 19.4 Å². The molecule has 0 unspecified atom stereocenters. The highest BCUT2D eigenvalue weighted by molar-refractivity contribution is 5.93. The molecule has 0 atom stereocenters. The van der Waals surface area contributed by atoms with Crippen molar-refractivity contribution >= 4 is 28.8 Å². The lowest BCUT2D eigenvalue weighted by Gasteiger charge is -2.30. The summed E-state index contributed by atoms with van der Waals surface area (Å²) in [5.74, 6) is -0.174. The Labute approximate surface area is 161 Å². The summed E-state index contributed by atoms with van der Waals surface area (Å²) in [5.41, 5.74) is 0.0562. The van der Waals surface area contributed by atoms with Crippen molar-refractivity contribution in [2.75, 3.05) is 18.7 Å². The fraction of sp³-hybridized carbons (Fsp3) is 0.500. The summed E-state index contributed by atoms with van der Waals surface area (Å²) in [6, 6.07) is 0. The number of carbonyl (C=O) groups excluding carboxylic acids is 1. The highest BCUT2D eigenvalue weighted by atomic mass is 16.5. The number of esters is 1. The summed E-state index contributed by atoms with van der Waals surface area (Å²) in [6.45, 7) is 9.87. The van der Waals surface area contributed by atoms with E-state index >= 15 is 0 Å². The van der Waals surface area contributed by atoms with Gasteiger partial charge in [-0.2, -0.15) is 10.1 Å². The number of hydrazone groups is 1. The Morgan fingerprint density at radius 2 is 2.00 bits per heavy atom. The lowest BCUT2D eigenvalue weighted by Crippen LogP contribution is -2.41. The van der Waals surface area contributed by atoms with Gasteiger partial charge in [0, 0.05) is 19.0 Å². The van der Waals surface area contributed by atoms with Gasteiger partial charge in [-0.05, 0) is 0 Å². The van der Waals surface area contributed by atoms with Crippen molar-refractivity contribution in [2.24, 2.45) is 17.6 Å². The minimum absolute atomic E-state index is 0.0913. The third-order valence-corrected chi connectivity index (χ3v) is 4.68. The first-order valence-corrected chi connectivity index (χ1v) is 8.83. The van der Waals surface area contributed by atoms with Gasteiger partial charge in [-0.25, -0.2) is 9.80 Å². The topological polar surface area (TPSA) is 104 Å². The molecule has 2 aromatic rings. The van der Waals surface area contributed by atoms with Crippen LogP contribution in [0.4, 0.5) is 5.95 Å². The number of ether oxygens (including phenoxy) is 1. The summed E-state index contributed by atoms with van der Waals surface area (Å²) in [5, 5.41) is 5.99. The molecule has 0 bridgehead atoms. The number of imidazole rings is 1. The van der Waals surface area contributed by atoms with Crippen molar-refractivity contribution in [1.29, 1.82) is 0 Å². The van der Waals surface area contributed by atoms with E-state index in [0.29, 0.717) is 12.5 Å². The van der Waals surface area contributed by atoms with Crippen LogP contribution >= 0.6 is 0 Å². The lowest BCUT2D eigenvalue weighted by atomic mass is 9.89. The lowest BCUT2D eigenvalue weighted by molar-refractivity contribution is -0.139. The van der Waals surface area contributed by atoms with Crippen molar-refractivity contribution < 1.29 is 9.53 Å². The van der Waals surface area contributed by atoms with Gasteiger partial charge in [-0.15, -0.1) is 6.58 Å². The molecule has 0 saturated carbocycles. The minimum atomic E-state index is -0.490. The molecule has 0 amide bonds. The molecule has 150 valence electrons. The fourth-order valence-electron chi connectivity index (χ4n) is 3.05. The van der Waals surface area contributed by atoms with Crippen LogP contribution in [0.2, 0.25) is 0 Å². The average molecular weight is 388 g/mol. The number of carbonyl (C=O) groups is 1. The van der Waals surface area contributed by atoms with E-state index in [0.717, 1.165) is 10.3 Å². The van der Waals surface area contributed by atoms with E-state index in [1.165, 1.54) is 22.8 Å². The van der Waals surface area contributed by atoms with Crippen LogP contribution in [0.25, 0.3) is 11.2 Å². The van der Waals surface area contributed by atoms with Crippen molar-refractivity contribution in [3.8, 4) is 0 Å². The van der Waals surface area contributed by atoms with Gasteiger partial charge in [0.15, 0.2) is 11.2 Å². The first-order chi connectivity index (χ1) is 13.1. The van der Waals surface area contributed by atoms with Crippen molar-refractivity contribution in [3.05, 3.63) is 33.5 Å². The van der Waals surface area contributed by atoms with Crippen LogP contribution < -0.4 is 16.3 Å².